The summed E-state index contributed by atoms with van der Waals surface area (Å²) < 4.78 is 0. The molecule has 1 aliphatic heterocycles. The minimum absolute atomic E-state index is 0.330. The molecule has 1 N–H and O–H groups in total. The first kappa shape index (κ1) is 13.1. The SMILES string of the molecule is Oc1ccc(CN2CCCCC2c2cccnc2)cc1. The number of phenols is 1. The van der Waals surface area contributed by atoms with Crippen LogP contribution in [0.2, 0.25) is 0 Å². The number of rotatable bonds is 3. The summed E-state index contributed by atoms with van der Waals surface area (Å²) in [4.78, 5) is 6.77. The van der Waals surface area contributed by atoms with Crippen molar-refractivity contribution in [3.05, 3.63) is 59.9 Å². The van der Waals surface area contributed by atoms with Gasteiger partial charge in [0.1, 0.15) is 5.75 Å². The van der Waals surface area contributed by atoms with E-state index in [0.717, 1.165) is 13.1 Å². The highest BCUT2D eigenvalue weighted by Crippen LogP contribution is 2.31. The lowest BCUT2D eigenvalue weighted by molar-refractivity contribution is 0.140. The standard InChI is InChI=1S/C17H20N2O/c20-16-8-6-14(7-9-16)13-19-11-2-1-5-17(19)15-4-3-10-18-12-15/h3-4,6-10,12,17,20H,1-2,5,11,13H2. The molecule has 1 aromatic carbocycles. The highest BCUT2D eigenvalue weighted by molar-refractivity contribution is 5.26. The van der Waals surface area contributed by atoms with Crippen LogP contribution < -0.4 is 0 Å². The van der Waals surface area contributed by atoms with Crippen LogP contribution in [0.15, 0.2) is 48.8 Å². The highest BCUT2D eigenvalue weighted by atomic mass is 16.3. The topological polar surface area (TPSA) is 36.4 Å². The van der Waals surface area contributed by atoms with Crippen molar-refractivity contribution in [2.45, 2.75) is 31.8 Å². The number of benzene rings is 1. The number of phenolic OH excluding ortho intramolecular Hbond substituents is 1. The first-order chi connectivity index (χ1) is 9.83. The fraction of sp³-hybridized carbons (Fsp3) is 0.353. The highest BCUT2D eigenvalue weighted by Gasteiger charge is 2.23. The van der Waals surface area contributed by atoms with E-state index < -0.39 is 0 Å². The molecular weight excluding hydrogens is 248 g/mol. The second-order valence-electron chi connectivity index (χ2n) is 5.43. The fourth-order valence-corrected chi connectivity index (χ4v) is 2.97. The van der Waals surface area contributed by atoms with E-state index in [1.165, 1.54) is 30.4 Å². The fourth-order valence-electron chi connectivity index (χ4n) is 2.97. The lowest BCUT2D eigenvalue weighted by Crippen LogP contribution is -2.32. The van der Waals surface area contributed by atoms with Crippen molar-refractivity contribution in [1.29, 1.82) is 0 Å². The van der Waals surface area contributed by atoms with Gasteiger partial charge >= 0.3 is 0 Å². The Kier molecular flexibility index (Phi) is 3.97. The Labute approximate surface area is 119 Å². The Morgan fingerprint density at radius 1 is 1.15 bits per heavy atom. The zero-order valence-electron chi connectivity index (χ0n) is 11.6. The van der Waals surface area contributed by atoms with Crippen LogP contribution in [0.25, 0.3) is 0 Å². The summed E-state index contributed by atoms with van der Waals surface area (Å²) >= 11 is 0. The lowest BCUT2D eigenvalue weighted by atomic mass is 9.96. The number of hydrogen-bond acceptors (Lipinski definition) is 3. The molecule has 3 nitrogen and oxygen atoms in total. The van der Waals surface area contributed by atoms with Gasteiger partial charge in [-0.3, -0.25) is 9.88 Å². The van der Waals surface area contributed by atoms with E-state index in [4.69, 9.17) is 0 Å². The van der Waals surface area contributed by atoms with E-state index in [1.54, 1.807) is 12.1 Å². The van der Waals surface area contributed by atoms with Crippen molar-refractivity contribution in [3.63, 3.8) is 0 Å². The molecule has 3 heteroatoms. The predicted octanol–water partition coefficient (Wildman–Crippen LogP) is 3.51. The minimum Gasteiger partial charge on any atom is -0.508 e. The Hall–Kier alpha value is -1.87. The van der Waals surface area contributed by atoms with Gasteiger partial charge in [-0.15, -0.1) is 0 Å². The maximum absolute atomic E-state index is 9.37. The van der Waals surface area contributed by atoms with Crippen molar-refractivity contribution < 1.29 is 5.11 Å². The molecule has 20 heavy (non-hydrogen) atoms. The van der Waals surface area contributed by atoms with Crippen molar-refractivity contribution in [3.8, 4) is 5.75 Å². The van der Waals surface area contributed by atoms with Crippen LogP contribution in [0.3, 0.4) is 0 Å². The molecule has 2 aromatic rings. The molecule has 2 heterocycles. The third-order valence-corrected chi connectivity index (χ3v) is 4.00. The van der Waals surface area contributed by atoms with Crippen LogP contribution in [-0.2, 0) is 6.54 Å². The zero-order chi connectivity index (χ0) is 13.8. The van der Waals surface area contributed by atoms with Gasteiger partial charge in [0.2, 0.25) is 0 Å². The number of likely N-dealkylation sites (tertiary alicyclic amines) is 1. The van der Waals surface area contributed by atoms with E-state index in [2.05, 4.69) is 16.0 Å². The van der Waals surface area contributed by atoms with Crippen LogP contribution >= 0.6 is 0 Å². The minimum atomic E-state index is 0.330. The Balaban J connectivity index is 1.77. The number of pyridine rings is 1. The van der Waals surface area contributed by atoms with Gasteiger partial charge in [0, 0.05) is 25.0 Å². The Morgan fingerprint density at radius 3 is 2.75 bits per heavy atom. The van der Waals surface area contributed by atoms with Gasteiger partial charge < -0.3 is 5.11 Å². The van der Waals surface area contributed by atoms with Crippen LogP contribution in [-0.4, -0.2) is 21.5 Å². The van der Waals surface area contributed by atoms with Gasteiger partial charge in [0.05, 0.1) is 0 Å². The van der Waals surface area contributed by atoms with Crippen molar-refractivity contribution in [1.82, 2.24) is 9.88 Å². The predicted molar refractivity (Wildman–Crippen MR) is 79.3 cm³/mol. The van der Waals surface area contributed by atoms with Crippen LogP contribution in [0.5, 0.6) is 5.75 Å². The summed E-state index contributed by atoms with van der Waals surface area (Å²) in [7, 11) is 0. The van der Waals surface area contributed by atoms with E-state index in [1.807, 2.05) is 30.6 Å². The summed E-state index contributed by atoms with van der Waals surface area (Å²) in [5.41, 5.74) is 2.56. The summed E-state index contributed by atoms with van der Waals surface area (Å²) in [5.74, 6) is 0.330. The lowest BCUT2D eigenvalue weighted by Gasteiger charge is -2.36. The van der Waals surface area contributed by atoms with E-state index in [9.17, 15) is 5.11 Å². The molecule has 0 radical (unpaired) electrons. The maximum atomic E-state index is 9.37. The smallest absolute Gasteiger partial charge is 0.115 e. The monoisotopic (exact) mass is 268 g/mol. The summed E-state index contributed by atoms with van der Waals surface area (Å²) in [5, 5.41) is 9.37. The molecule has 3 rings (SSSR count). The van der Waals surface area contributed by atoms with Crippen LogP contribution in [0, 0.1) is 0 Å². The third-order valence-electron chi connectivity index (χ3n) is 4.00. The molecule has 1 saturated heterocycles. The van der Waals surface area contributed by atoms with Gasteiger partial charge in [0.15, 0.2) is 0 Å². The van der Waals surface area contributed by atoms with Crippen LogP contribution in [0.4, 0.5) is 0 Å². The quantitative estimate of drug-likeness (QED) is 0.925. The summed E-state index contributed by atoms with van der Waals surface area (Å²) in [6, 6.07) is 12.2. The van der Waals surface area contributed by atoms with Crippen molar-refractivity contribution >= 4 is 0 Å². The normalized spacial score (nSPS) is 19.9. The summed E-state index contributed by atoms with van der Waals surface area (Å²) in [6.07, 6.45) is 7.56. The Morgan fingerprint density at radius 2 is 2.00 bits per heavy atom. The van der Waals surface area contributed by atoms with Gasteiger partial charge in [-0.1, -0.05) is 24.6 Å². The molecule has 0 spiro atoms. The molecule has 0 aliphatic carbocycles. The molecule has 1 atom stereocenters. The molecule has 1 fully saturated rings. The van der Waals surface area contributed by atoms with Gasteiger partial charge in [-0.05, 0) is 48.7 Å². The molecule has 1 unspecified atom stereocenters. The van der Waals surface area contributed by atoms with E-state index in [0.29, 0.717) is 11.8 Å². The number of piperidine rings is 1. The molecule has 0 amide bonds. The van der Waals surface area contributed by atoms with Gasteiger partial charge in [0.25, 0.3) is 0 Å². The second kappa shape index (κ2) is 6.06. The third kappa shape index (κ3) is 2.99. The first-order valence-corrected chi connectivity index (χ1v) is 7.25. The van der Waals surface area contributed by atoms with Gasteiger partial charge in [-0.2, -0.15) is 0 Å². The van der Waals surface area contributed by atoms with Crippen LogP contribution in [0.1, 0.15) is 36.4 Å². The number of aromatic nitrogens is 1. The average molecular weight is 268 g/mol. The van der Waals surface area contributed by atoms with E-state index >= 15 is 0 Å². The average Bonchev–Trinajstić information content (AvgIpc) is 2.51. The molecular formula is C17H20N2O. The number of hydrogen-bond donors (Lipinski definition) is 1. The summed E-state index contributed by atoms with van der Waals surface area (Å²) in [6.45, 7) is 2.06. The largest absolute Gasteiger partial charge is 0.508 e. The van der Waals surface area contributed by atoms with Crippen molar-refractivity contribution in [2.75, 3.05) is 6.54 Å². The molecule has 1 aromatic heterocycles. The van der Waals surface area contributed by atoms with E-state index in [-0.39, 0.29) is 0 Å². The first-order valence-electron chi connectivity index (χ1n) is 7.25. The number of aromatic hydroxyl groups is 1. The number of nitrogens with zero attached hydrogens (tertiary/aromatic N) is 2. The maximum Gasteiger partial charge on any atom is 0.115 e. The zero-order valence-corrected chi connectivity index (χ0v) is 11.6. The molecule has 0 saturated carbocycles. The van der Waals surface area contributed by atoms with Crippen molar-refractivity contribution in [2.24, 2.45) is 0 Å². The Bertz CT molecular complexity index is 539. The molecule has 1 aliphatic rings. The molecule has 0 bridgehead atoms. The molecule has 104 valence electrons. The second-order valence-corrected chi connectivity index (χ2v) is 5.43. The van der Waals surface area contributed by atoms with Gasteiger partial charge in [-0.25, -0.2) is 0 Å².